The highest BCUT2D eigenvalue weighted by Crippen LogP contribution is 2.12. The van der Waals surface area contributed by atoms with Crippen LogP contribution in [0.3, 0.4) is 0 Å². The molecule has 24 heavy (non-hydrogen) atoms. The predicted molar refractivity (Wildman–Crippen MR) is 90.4 cm³/mol. The summed E-state index contributed by atoms with van der Waals surface area (Å²) in [6.07, 6.45) is 2.73. The highest BCUT2D eigenvalue weighted by atomic mass is 32.2. The first kappa shape index (κ1) is 18.1. The fraction of sp³-hybridized carbons (Fsp3) is 0.250. The Morgan fingerprint density at radius 2 is 1.96 bits per heavy atom. The molecular formula is C16H20N4O3S. The normalized spacial score (nSPS) is 12.8. The Morgan fingerprint density at radius 1 is 1.25 bits per heavy atom. The van der Waals surface area contributed by atoms with Crippen LogP contribution in [0.1, 0.15) is 11.6 Å². The van der Waals surface area contributed by atoms with Crippen LogP contribution in [-0.4, -0.2) is 43.8 Å². The van der Waals surface area contributed by atoms with Gasteiger partial charge in [0.2, 0.25) is 15.9 Å². The first-order valence-corrected chi connectivity index (χ1v) is 8.79. The average Bonchev–Trinajstić information content (AvgIpc) is 2.61. The lowest BCUT2D eigenvalue weighted by Gasteiger charge is -2.18. The monoisotopic (exact) mass is 348 g/mol. The minimum absolute atomic E-state index is 0.0429. The van der Waals surface area contributed by atoms with Gasteiger partial charge in [-0.15, -0.1) is 0 Å². The Morgan fingerprint density at radius 3 is 2.58 bits per heavy atom. The van der Waals surface area contributed by atoms with Gasteiger partial charge in [-0.25, -0.2) is 8.42 Å². The van der Waals surface area contributed by atoms with Gasteiger partial charge < -0.3 is 11.1 Å². The van der Waals surface area contributed by atoms with Crippen molar-refractivity contribution in [2.24, 2.45) is 5.73 Å². The largest absolute Gasteiger partial charge is 0.353 e. The molecule has 0 aliphatic heterocycles. The Bertz CT molecular complexity index is 766. The molecule has 1 heterocycles. The molecule has 0 radical (unpaired) electrons. The maximum absolute atomic E-state index is 12.3. The van der Waals surface area contributed by atoms with Crippen LogP contribution in [-0.2, 0) is 14.8 Å². The van der Waals surface area contributed by atoms with Gasteiger partial charge in [-0.3, -0.25) is 9.78 Å². The average molecular weight is 348 g/mol. The molecule has 1 unspecified atom stereocenters. The lowest BCUT2D eigenvalue weighted by Crippen LogP contribution is -2.40. The number of nitrogens with two attached hydrogens (primary N) is 1. The Kier molecular flexibility index (Phi) is 6.02. The van der Waals surface area contributed by atoms with E-state index in [0.29, 0.717) is 0 Å². The lowest BCUT2D eigenvalue weighted by molar-refractivity contribution is -0.121. The predicted octanol–water partition coefficient (Wildman–Crippen LogP) is 0.518. The zero-order chi connectivity index (χ0) is 17.6. The van der Waals surface area contributed by atoms with E-state index in [1.165, 1.54) is 31.6 Å². The summed E-state index contributed by atoms with van der Waals surface area (Å²) < 4.78 is 25.6. The molecule has 0 aliphatic rings. The molecule has 2 rings (SSSR count). The number of hydrogen-bond acceptors (Lipinski definition) is 5. The maximum Gasteiger partial charge on any atom is 0.244 e. The summed E-state index contributed by atoms with van der Waals surface area (Å²) in [7, 11) is -2.40. The van der Waals surface area contributed by atoms with Crippen molar-refractivity contribution in [3.05, 3.63) is 60.4 Å². The molecule has 2 aromatic rings. The van der Waals surface area contributed by atoms with Gasteiger partial charge in [-0.1, -0.05) is 30.3 Å². The number of likely N-dealkylation sites (N-methyl/N-ethyl adjacent to an activating group) is 1. The van der Waals surface area contributed by atoms with Crippen LogP contribution in [0.25, 0.3) is 0 Å². The number of carbonyl (C=O) groups excluding carboxylic acids is 1. The van der Waals surface area contributed by atoms with Gasteiger partial charge in [0, 0.05) is 32.0 Å². The van der Waals surface area contributed by atoms with E-state index in [2.05, 4.69) is 10.3 Å². The molecule has 0 saturated heterocycles. The van der Waals surface area contributed by atoms with Crippen LogP contribution in [0, 0.1) is 0 Å². The van der Waals surface area contributed by atoms with Crippen molar-refractivity contribution in [1.82, 2.24) is 14.6 Å². The van der Waals surface area contributed by atoms with E-state index in [1.54, 1.807) is 0 Å². The first-order chi connectivity index (χ1) is 11.4. The smallest absolute Gasteiger partial charge is 0.244 e. The van der Waals surface area contributed by atoms with Crippen LogP contribution >= 0.6 is 0 Å². The van der Waals surface area contributed by atoms with Gasteiger partial charge in [0.25, 0.3) is 0 Å². The number of nitrogens with zero attached hydrogens (tertiary/aromatic N) is 2. The standard InChI is InChI=1S/C16H20N4O3S/c1-20(24(22,23)14-8-5-9-18-10-14)12-16(21)19-11-15(17)13-6-3-2-4-7-13/h2-10,15H,11-12,17H2,1H3,(H,19,21). The highest BCUT2D eigenvalue weighted by Gasteiger charge is 2.23. The van der Waals surface area contributed by atoms with E-state index in [4.69, 9.17) is 5.73 Å². The second-order valence-corrected chi connectivity index (χ2v) is 7.32. The minimum Gasteiger partial charge on any atom is -0.353 e. The number of aromatic nitrogens is 1. The Labute approximate surface area is 141 Å². The summed E-state index contributed by atoms with van der Waals surface area (Å²) in [5, 5.41) is 2.65. The van der Waals surface area contributed by atoms with Gasteiger partial charge >= 0.3 is 0 Å². The van der Waals surface area contributed by atoms with Crippen LogP contribution in [0.5, 0.6) is 0 Å². The highest BCUT2D eigenvalue weighted by molar-refractivity contribution is 7.89. The first-order valence-electron chi connectivity index (χ1n) is 7.35. The fourth-order valence-electron chi connectivity index (χ4n) is 2.06. The van der Waals surface area contributed by atoms with E-state index in [1.807, 2.05) is 30.3 Å². The molecule has 0 bridgehead atoms. The van der Waals surface area contributed by atoms with Gasteiger partial charge in [-0.05, 0) is 17.7 Å². The number of amides is 1. The van der Waals surface area contributed by atoms with E-state index < -0.39 is 15.9 Å². The van der Waals surface area contributed by atoms with E-state index >= 15 is 0 Å². The van der Waals surface area contributed by atoms with Gasteiger partial charge in [-0.2, -0.15) is 4.31 Å². The lowest BCUT2D eigenvalue weighted by atomic mass is 10.1. The third-order valence-corrected chi connectivity index (χ3v) is 5.24. The van der Waals surface area contributed by atoms with Gasteiger partial charge in [0.05, 0.1) is 6.54 Å². The molecule has 0 aliphatic carbocycles. The van der Waals surface area contributed by atoms with E-state index in [0.717, 1.165) is 9.87 Å². The van der Waals surface area contributed by atoms with Crippen molar-refractivity contribution in [1.29, 1.82) is 0 Å². The molecule has 0 fully saturated rings. The van der Waals surface area contributed by atoms with Crippen molar-refractivity contribution >= 4 is 15.9 Å². The van der Waals surface area contributed by atoms with Crippen molar-refractivity contribution in [3.63, 3.8) is 0 Å². The van der Waals surface area contributed by atoms with Crippen LogP contribution in [0.4, 0.5) is 0 Å². The number of sulfonamides is 1. The molecule has 0 saturated carbocycles. The number of benzene rings is 1. The second-order valence-electron chi connectivity index (χ2n) is 5.27. The van der Waals surface area contributed by atoms with Crippen molar-refractivity contribution < 1.29 is 13.2 Å². The SMILES string of the molecule is CN(CC(=O)NCC(N)c1ccccc1)S(=O)(=O)c1cccnc1. The Hall–Kier alpha value is -2.29. The van der Waals surface area contributed by atoms with Crippen molar-refractivity contribution in [2.45, 2.75) is 10.9 Å². The van der Waals surface area contributed by atoms with Gasteiger partial charge in [0.15, 0.2) is 0 Å². The summed E-state index contributed by atoms with van der Waals surface area (Å²) in [5.41, 5.74) is 6.89. The van der Waals surface area contributed by atoms with Crippen LogP contribution in [0.15, 0.2) is 59.8 Å². The molecule has 0 spiro atoms. The molecular weight excluding hydrogens is 328 g/mol. The molecule has 1 atom stereocenters. The topological polar surface area (TPSA) is 105 Å². The molecule has 1 amide bonds. The summed E-state index contributed by atoms with van der Waals surface area (Å²) in [6, 6.07) is 12.0. The molecule has 1 aromatic heterocycles. The van der Waals surface area contributed by atoms with Crippen molar-refractivity contribution in [3.8, 4) is 0 Å². The van der Waals surface area contributed by atoms with Crippen LogP contribution < -0.4 is 11.1 Å². The quantitative estimate of drug-likeness (QED) is 0.759. The zero-order valence-corrected chi connectivity index (χ0v) is 14.1. The van der Waals surface area contributed by atoms with E-state index in [9.17, 15) is 13.2 Å². The summed E-state index contributed by atoms with van der Waals surface area (Å²) in [4.78, 5) is 15.8. The Balaban J connectivity index is 1.90. The molecule has 8 heteroatoms. The second kappa shape index (κ2) is 8.00. The number of nitrogens with one attached hydrogen (secondary N) is 1. The van der Waals surface area contributed by atoms with E-state index in [-0.39, 0.29) is 24.0 Å². The van der Waals surface area contributed by atoms with Crippen LogP contribution in [0.2, 0.25) is 0 Å². The van der Waals surface area contributed by atoms with Gasteiger partial charge in [0.1, 0.15) is 4.90 Å². The summed E-state index contributed by atoms with van der Waals surface area (Å²) in [5.74, 6) is -0.420. The summed E-state index contributed by atoms with van der Waals surface area (Å²) >= 11 is 0. The molecule has 1 aromatic carbocycles. The zero-order valence-electron chi connectivity index (χ0n) is 13.3. The number of pyridine rings is 1. The minimum atomic E-state index is -3.75. The fourth-order valence-corrected chi connectivity index (χ4v) is 3.16. The molecule has 7 nitrogen and oxygen atoms in total. The third-order valence-electron chi connectivity index (χ3n) is 3.46. The third kappa shape index (κ3) is 4.60. The number of carbonyl (C=O) groups is 1. The van der Waals surface area contributed by atoms with Crippen molar-refractivity contribution in [2.75, 3.05) is 20.1 Å². The molecule has 128 valence electrons. The number of rotatable bonds is 7. The molecule has 3 N–H and O–H groups in total. The number of hydrogen-bond donors (Lipinski definition) is 2. The maximum atomic E-state index is 12.3. The summed E-state index contributed by atoms with van der Waals surface area (Å²) in [6.45, 7) is -0.0671.